The third-order valence-corrected chi connectivity index (χ3v) is 4.98. The van der Waals surface area contributed by atoms with E-state index < -0.39 is 0 Å². The van der Waals surface area contributed by atoms with Crippen LogP contribution in [0.4, 0.5) is 0 Å². The first kappa shape index (κ1) is 19.4. The van der Waals surface area contributed by atoms with Gasteiger partial charge in [0, 0.05) is 32.0 Å². The Morgan fingerprint density at radius 1 is 1.19 bits per heavy atom. The van der Waals surface area contributed by atoms with E-state index in [9.17, 15) is 0 Å². The van der Waals surface area contributed by atoms with Crippen LogP contribution in [0.3, 0.4) is 0 Å². The molecular formula is C21H32N6. The van der Waals surface area contributed by atoms with Gasteiger partial charge in [0.15, 0.2) is 5.96 Å². The van der Waals surface area contributed by atoms with Crippen LogP contribution in [-0.4, -0.2) is 53.1 Å². The number of rotatable bonds is 9. The number of aryl methyl sites for hydroxylation is 1. The second kappa shape index (κ2) is 10.7. The van der Waals surface area contributed by atoms with Crippen molar-refractivity contribution in [3.8, 4) is 0 Å². The number of benzene rings is 1. The highest BCUT2D eigenvalue weighted by molar-refractivity contribution is 5.79. The molecule has 0 bridgehead atoms. The normalized spacial score (nSPS) is 16.4. The molecule has 1 unspecified atom stereocenters. The Hall–Kier alpha value is -2.34. The predicted molar refractivity (Wildman–Crippen MR) is 111 cm³/mol. The molecule has 3 rings (SSSR count). The number of nitrogens with one attached hydrogen (secondary N) is 2. The second-order valence-electron chi connectivity index (χ2n) is 6.97. The van der Waals surface area contributed by atoms with Gasteiger partial charge >= 0.3 is 0 Å². The van der Waals surface area contributed by atoms with Gasteiger partial charge in [0.05, 0.1) is 18.9 Å². The summed E-state index contributed by atoms with van der Waals surface area (Å²) in [4.78, 5) is 11.6. The average molecular weight is 369 g/mol. The van der Waals surface area contributed by atoms with Gasteiger partial charge in [-0.05, 0) is 44.8 Å². The lowest BCUT2D eigenvalue weighted by Crippen LogP contribution is -2.39. The zero-order chi connectivity index (χ0) is 18.7. The van der Waals surface area contributed by atoms with Gasteiger partial charge in [0.25, 0.3) is 0 Å². The van der Waals surface area contributed by atoms with Gasteiger partial charge in [-0.25, -0.2) is 4.98 Å². The fourth-order valence-corrected chi connectivity index (χ4v) is 3.57. The van der Waals surface area contributed by atoms with Crippen molar-refractivity contribution in [1.29, 1.82) is 0 Å². The molecule has 1 aliphatic heterocycles. The number of aliphatic imine (C=N–C) groups is 1. The van der Waals surface area contributed by atoms with Gasteiger partial charge in [-0.1, -0.05) is 30.3 Å². The molecule has 0 radical (unpaired) electrons. The fraction of sp³-hybridized carbons (Fsp3) is 0.524. The molecule has 2 heterocycles. The van der Waals surface area contributed by atoms with Crippen LogP contribution in [0.2, 0.25) is 0 Å². The molecular weight excluding hydrogens is 336 g/mol. The monoisotopic (exact) mass is 368 g/mol. The Balaban J connectivity index is 1.57. The highest BCUT2D eigenvalue weighted by atomic mass is 15.2. The van der Waals surface area contributed by atoms with Crippen molar-refractivity contribution in [3.05, 3.63) is 54.6 Å². The molecule has 0 amide bonds. The van der Waals surface area contributed by atoms with Gasteiger partial charge < -0.3 is 15.2 Å². The molecule has 1 fully saturated rings. The Kier molecular flexibility index (Phi) is 7.71. The van der Waals surface area contributed by atoms with Crippen molar-refractivity contribution in [3.63, 3.8) is 0 Å². The van der Waals surface area contributed by atoms with Crippen molar-refractivity contribution in [2.45, 2.75) is 38.8 Å². The predicted octanol–water partition coefficient (Wildman–Crippen LogP) is 2.67. The molecule has 2 aromatic rings. The zero-order valence-electron chi connectivity index (χ0n) is 16.3. The summed E-state index contributed by atoms with van der Waals surface area (Å²) in [6, 6.07) is 11.1. The lowest BCUT2D eigenvalue weighted by molar-refractivity contribution is 0.251. The minimum absolute atomic E-state index is 0.357. The van der Waals surface area contributed by atoms with Gasteiger partial charge in [0.2, 0.25) is 0 Å². The number of likely N-dealkylation sites (tertiary alicyclic amines) is 1. The van der Waals surface area contributed by atoms with Crippen molar-refractivity contribution in [2.75, 3.05) is 32.7 Å². The SMILES string of the molecule is CCNC(=NCC(c1ccccc1)N1CCCC1)NCCCn1ccnc1. The van der Waals surface area contributed by atoms with Crippen molar-refractivity contribution < 1.29 is 0 Å². The van der Waals surface area contributed by atoms with E-state index in [1.54, 1.807) is 0 Å². The summed E-state index contributed by atoms with van der Waals surface area (Å²) < 4.78 is 2.10. The minimum Gasteiger partial charge on any atom is -0.357 e. The molecule has 2 N–H and O–H groups in total. The summed E-state index contributed by atoms with van der Waals surface area (Å²) in [7, 11) is 0. The van der Waals surface area contributed by atoms with Gasteiger partial charge in [-0.3, -0.25) is 9.89 Å². The smallest absolute Gasteiger partial charge is 0.191 e. The summed E-state index contributed by atoms with van der Waals surface area (Å²) in [6.45, 7) is 7.95. The van der Waals surface area contributed by atoms with Crippen LogP contribution in [0.15, 0.2) is 54.0 Å². The van der Waals surface area contributed by atoms with E-state index in [0.29, 0.717) is 6.04 Å². The van der Waals surface area contributed by atoms with E-state index in [1.807, 2.05) is 18.7 Å². The van der Waals surface area contributed by atoms with Crippen molar-refractivity contribution in [2.24, 2.45) is 4.99 Å². The Labute approximate surface area is 162 Å². The summed E-state index contributed by atoms with van der Waals surface area (Å²) >= 11 is 0. The fourth-order valence-electron chi connectivity index (χ4n) is 3.57. The summed E-state index contributed by atoms with van der Waals surface area (Å²) in [5, 5.41) is 6.84. The number of hydrogen-bond donors (Lipinski definition) is 2. The van der Waals surface area contributed by atoms with Crippen LogP contribution in [0.25, 0.3) is 0 Å². The van der Waals surface area contributed by atoms with Gasteiger partial charge in [-0.2, -0.15) is 0 Å². The first-order valence-electron chi connectivity index (χ1n) is 10.1. The molecule has 0 spiro atoms. The first-order valence-corrected chi connectivity index (χ1v) is 10.1. The maximum absolute atomic E-state index is 4.90. The van der Waals surface area contributed by atoms with Crippen molar-refractivity contribution >= 4 is 5.96 Å². The molecule has 1 aromatic carbocycles. The first-order chi connectivity index (χ1) is 13.4. The molecule has 0 saturated carbocycles. The summed E-state index contributed by atoms with van der Waals surface area (Å²) in [5.41, 5.74) is 1.36. The molecule has 1 atom stereocenters. The third kappa shape index (κ3) is 6.10. The van der Waals surface area contributed by atoms with E-state index in [0.717, 1.165) is 38.6 Å². The molecule has 6 nitrogen and oxygen atoms in total. The third-order valence-electron chi connectivity index (χ3n) is 4.98. The van der Waals surface area contributed by atoms with Crippen LogP contribution in [0.5, 0.6) is 0 Å². The Morgan fingerprint density at radius 3 is 2.70 bits per heavy atom. The van der Waals surface area contributed by atoms with E-state index in [2.05, 4.69) is 62.3 Å². The van der Waals surface area contributed by atoms with Gasteiger partial charge in [-0.15, -0.1) is 0 Å². The van der Waals surface area contributed by atoms with E-state index in [-0.39, 0.29) is 0 Å². The molecule has 1 aromatic heterocycles. The van der Waals surface area contributed by atoms with Crippen LogP contribution in [0.1, 0.15) is 37.8 Å². The number of aromatic nitrogens is 2. The molecule has 1 aliphatic rings. The molecule has 6 heteroatoms. The van der Waals surface area contributed by atoms with Crippen LogP contribution < -0.4 is 10.6 Å². The molecule has 27 heavy (non-hydrogen) atoms. The standard InChI is InChI=1S/C21H32N6/c1-2-23-21(24-11-8-13-26-16-12-22-18-26)25-17-20(27-14-6-7-15-27)19-9-4-3-5-10-19/h3-5,9-10,12,16,18,20H,2,6-8,11,13-15,17H2,1H3,(H2,23,24,25). The lowest BCUT2D eigenvalue weighted by Gasteiger charge is -2.27. The zero-order valence-corrected chi connectivity index (χ0v) is 16.3. The Morgan fingerprint density at radius 2 is 2.00 bits per heavy atom. The second-order valence-corrected chi connectivity index (χ2v) is 6.97. The number of imidazole rings is 1. The molecule has 0 aliphatic carbocycles. The minimum atomic E-state index is 0.357. The molecule has 1 saturated heterocycles. The quantitative estimate of drug-likeness (QED) is 0.406. The largest absolute Gasteiger partial charge is 0.357 e. The number of guanidine groups is 1. The topological polar surface area (TPSA) is 57.5 Å². The van der Waals surface area contributed by atoms with E-state index in [1.165, 1.54) is 31.5 Å². The maximum atomic E-state index is 4.90. The highest BCUT2D eigenvalue weighted by Crippen LogP contribution is 2.25. The average Bonchev–Trinajstić information content (AvgIpc) is 3.40. The Bertz CT molecular complexity index is 661. The van der Waals surface area contributed by atoms with E-state index in [4.69, 9.17) is 4.99 Å². The lowest BCUT2D eigenvalue weighted by atomic mass is 10.1. The number of nitrogens with zero attached hydrogens (tertiary/aromatic N) is 4. The maximum Gasteiger partial charge on any atom is 0.191 e. The van der Waals surface area contributed by atoms with Crippen LogP contribution in [-0.2, 0) is 6.54 Å². The summed E-state index contributed by atoms with van der Waals surface area (Å²) in [5.74, 6) is 0.906. The highest BCUT2D eigenvalue weighted by Gasteiger charge is 2.23. The van der Waals surface area contributed by atoms with E-state index >= 15 is 0 Å². The van der Waals surface area contributed by atoms with Crippen LogP contribution >= 0.6 is 0 Å². The summed E-state index contributed by atoms with van der Waals surface area (Å²) in [6.07, 6.45) is 9.30. The van der Waals surface area contributed by atoms with Gasteiger partial charge in [0.1, 0.15) is 0 Å². The van der Waals surface area contributed by atoms with Crippen LogP contribution in [0, 0.1) is 0 Å². The molecule has 146 valence electrons. The van der Waals surface area contributed by atoms with Crippen molar-refractivity contribution in [1.82, 2.24) is 25.1 Å². The number of hydrogen-bond acceptors (Lipinski definition) is 3.